The van der Waals surface area contributed by atoms with Crippen molar-refractivity contribution in [3.8, 4) is 5.88 Å². The van der Waals surface area contributed by atoms with Crippen molar-refractivity contribution in [2.45, 2.75) is 19.8 Å². The summed E-state index contributed by atoms with van der Waals surface area (Å²) in [6.45, 7) is 3.81. The van der Waals surface area contributed by atoms with Crippen LogP contribution in [-0.4, -0.2) is 48.6 Å². The summed E-state index contributed by atoms with van der Waals surface area (Å²) in [4.78, 5) is 28.8. The molecule has 1 atom stereocenters. The van der Waals surface area contributed by atoms with Gasteiger partial charge in [0.2, 0.25) is 11.7 Å². The third-order valence-corrected chi connectivity index (χ3v) is 5.30. The summed E-state index contributed by atoms with van der Waals surface area (Å²) in [6.07, 6.45) is 1.27. The molecular formula is C19H21N3O4. The Labute approximate surface area is 151 Å². The maximum atomic E-state index is 12.6. The van der Waals surface area contributed by atoms with E-state index in [9.17, 15) is 9.59 Å². The molecule has 1 spiro atoms. The minimum absolute atomic E-state index is 0.115. The highest BCUT2D eigenvalue weighted by molar-refractivity contribution is 5.97. The fraction of sp³-hybridized carbons (Fsp3) is 0.421. The zero-order valence-electron chi connectivity index (χ0n) is 14.9. The summed E-state index contributed by atoms with van der Waals surface area (Å²) < 4.78 is 10.0. The second-order valence-electron chi connectivity index (χ2n) is 7.20. The van der Waals surface area contributed by atoms with Crippen LogP contribution in [0.2, 0.25) is 0 Å². The molecule has 0 saturated carbocycles. The first-order chi connectivity index (χ1) is 12.5. The minimum atomic E-state index is -0.209. The maximum absolute atomic E-state index is 12.6. The Bertz CT molecular complexity index is 845. The average Bonchev–Trinajstić information content (AvgIpc) is 3.34. The van der Waals surface area contributed by atoms with Gasteiger partial charge in [-0.05, 0) is 30.6 Å². The zero-order chi connectivity index (χ0) is 18.3. The topological polar surface area (TPSA) is 75.9 Å². The number of rotatable bonds is 3. The van der Waals surface area contributed by atoms with E-state index in [2.05, 4.69) is 5.16 Å². The Hall–Kier alpha value is -2.83. The van der Waals surface area contributed by atoms with Crippen LogP contribution in [0.4, 0.5) is 5.69 Å². The first-order valence-electron chi connectivity index (χ1n) is 8.67. The standard InChI is InChI=1S/C19H21N3O4/c1-13-3-5-14(6-4-13)22-12-19(10-17(22)23)7-8-21(11-19)18(24)15-9-16(25-2)20-26-15/h3-6,9H,7-8,10-12H2,1-2H3/t19-/m1/s1. The maximum Gasteiger partial charge on any atom is 0.292 e. The summed E-state index contributed by atoms with van der Waals surface area (Å²) in [7, 11) is 1.47. The molecule has 2 fully saturated rings. The second kappa shape index (κ2) is 6.16. The molecule has 4 rings (SSSR count). The van der Waals surface area contributed by atoms with Crippen LogP contribution in [0.25, 0.3) is 0 Å². The van der Waals surface area contributed by atoms with E-state index >= 15 is 0 Å². The van der Waals surface area contributed by atoms with Gasteiger partial charge in [-0.15, -0.1) is 0 Å². The van der Waals surface area contributed by atoms with E-state index in [-0.39, 0.29) is 28.9 Å². The Kier molecular flexibility index (Phi) is 3.94. The van der Waals surface area contributed by atoms with Gasteiger partial charge in [0, 0.05) is 37.2 Å². The Morgan fingerprint density at radius 2 is 2.04 bits per heavy atom. The SMILES string of the molecule is COc1cc(C(=O)N2CC[C@@]3(CC(=O)N(c4ccc(C)cc4)C3)C2)on1. The van der Waals surface area contributed by atoms with E-state index in [1.165, 1.54) is 13.2 Å². The van der Waals surface area contributed by atoms with Gasteiger partial charge in [-0.1, -0.05) is 17.7 Å². The molecule has 2 aromatic rings. The lowest BCUT2D eigenvalue weighted by Gasteiger charge is -2.24. The number of ether oxygens (including phenoxy) is 1. The first kappa shape index (κ1) is 16.6. The molecule has 26 heavy (non-hydrogen) atoms. The van der Waals surface area contributed by atoms with Crippen molar-refractivity contribution in [1.82, 2.24) is 10.1 Å². The quantitative estimate of drug-likeness (QED) is 0.844. The molecule has 2 saturated heterocycles. The lowest BCUT2D eigenvalue weighted by atomic mass is 9.86. The van der Waals surface area contributed by atoms with Gasteiger partial charge in [0.25, 0.3) is 11.8 Å². The minimum Gasteiger partial charge on any atom is -0.479 e. The predicted molar refractivity (Wildman–Crippen MR) is 94.2 cm³/mol. The molecule has 0 aliphatic carbocycles. The zero-order valence-corrected chi connectivity index (χ0v) is 14.9. The summed E-state index contributed by atoms with van der Waals surface area (Å²) in [5.41, 5.74) is 1.89. The highest BCUT2D eigenvalue weighted by Gasteiger charge is 2.49. The second-order valence-corrected chi connectivity index (χ2v) is 7.20. The van der Waals surface area contributed by atoms with Crippen LogP contribution in [0.5, 0.6) is 5.88 Å². The van der Waals surface area contributed by atoms with Crippen LogP contribution >= 0.6 is 0 Å². The molecule has 2 aliphatic rings. The van der Waals surface area contributed by atoms with Gasteiger partial charge in [-0.2, -0.15) is 0 Å². The average molecular weight is 355 g/mol. The number of benzene rings is 1. The van der Waals surface area contributed by atoms with Gasteiger partial charge in [0.15, 0.2) is 0 Å². The largest absolute Gasteiger partial charge is 0.479 e. The normalized spacial score (nSPS) is 22.5. The van der Waals surface area contributed by atoms with Gasteiger partial charge >= 0.3 is 0 Å². The molecule has 0 unspecified atom stereocenters. The number of anilines is 1. The Morgan fingerprint density at radius 3 is 2.73 bits per heavy atom. The first-order valence-corrected chi connectivity index (χ1v) is 8.67. The predicted octanol–water partition coefficient (Wildman–Crippen LogP) is 2.26. The number of aryl methyl sites for hydroxylation is 1. The van der Waals surface area contributed by atoms with Gasteiger partial charge in [-0.3, -0.25) is 9.59 Å². The number of amides is 2. The van der Waals surface area contributed by atoms with Crippen molar-refractivity contribution in [3.05, 3.63) is 41.7 Å². The van der Waals surface area contributed by atoms with Crippen molar-refractivity contribution < 1.29 is 18.8 Å². The molecular weight excluding hydrogens is 334 g/mol. The summed E-state index contributed by atoms with van der Waals surface area (Å²) in [5.74, 6) is 0.353. The number of aromatic nitrogens is 1. The fourth-order valence-electron chi connectivity index (χ4n) is 3.85. The molecule has 136 valence electrons. The van der Waals surface area contributed by atoms with Gasteiger partial charge < -0.3 is 19.1 Å². The van der Waals surface area contributed by atoms with E-state index < -0.39 is 0 Å². The molecule has 2 aliphatic heterocycles. The van der Waals surface area contributed by atoms with Gasteiger partial charge in [-0.25, -0.2) is 0 Å². The van der Waals surface area contributed by atoms with Crippen molar-refractivity contribution >= 4 is 17.5 Å². The third kappa shape index (κ3) is 2.83. The summed E-state index contributed by atoms with van der Waals surface area (Å²) >= 11 is 0. The molecule has 0 N–H and O–H groups in total. The summed E-state index contributed by atoms with van der Waals surface area (Å²) in [6, 6.07) is 9.46. The molecule has 7 heteroatoms. The molecule has 1 aromatic heterocycles. The van der Waals surface area contributed by atoms with Crippen LogP contribution in [0.15, 0.2) is 34.9 Å². The van der Waals surface area contributed by atoms with Crippen molar-refractivity contribution in [3.63, 3.8) is 0 Å². The number of hydrogen-bond donors (Lipinski definition) is 0. The highest BCUT2D eigenvalue weighted by Crippen LogP contribution is 2.42. The van der Waals surface area contributed by atoms with Crippen molar-refractivity contribution in [2.24, 2.45) is 5.41 Å². The number of likely N-dealkylation sites (tertiary alicyclic amines) is 1. The lowest BCUT2D eigenvalue weighted by molar-refractivity contribution is -0.117. The van der Waals surface area contributed by atoms with E-state index in [1.807, 2.05) is 36.1 Å². The van der Waals surface area contributed by atoms with Gasteiger partial charge in [0.05, 0.1) is 13.2 Å². The molecule has 3 heterocycles. The van der Waals surface area contributed by atoms with E-state index in [0.717, 1.165) is 17.7 Å². The van der Waals surface area contributed by atoms with E-state index in [0.29, 0.717) is 26.1 Å². The van der Waals surface area contributed by atoms with Crippen LogP contribution in [-0.2, 0) is 4.79 Å². The van der Waals surface area contributed by atoms with Crippen LogP contribution < -0.4 is 9.64 Å². The van der Waals surface area contributed by atoms with Crippen molar-refractivity contribution in [2.75, 3.05) is 31.6 Å². The Morgan fingerprint density at radius 1 is 1.27 bits per heavy atom. The number of methoxy groups -OCH3 is 1. The van der Waals surface area contributed by atoms with E-state index in [4.69, 9.17) is 9.26 Å². The van der Waals surface area contributed by atoms with Gasteiger partial charge in [0.1, 0.15) is 0 Å². The molecule has 0 radical (unpaired) electrons. The Balaban J connectivity index is 1.48. The monoisotopic (exact) mass is 355 g/mol. The molecule has 7 nitrogen and oxygen atoms in total. The van der Waals surface area contributed by atoms with E-state index in [1.54, 1.807) is 4.90 Å². The van der Waals surface area contributed by atoms with Crippen molar-refractivity contribution in [1.29, 1.82) is 0 Å². The van der Waals surface area contributed by atoms with Crippen LogP contribution in [0, 0.1) is 12.3 Å². The highest BCUT2D eigenvalue weighted by atomic mass is 16.5. The molecule has 2 amide bonds. The molecule has 1 aromatic carbocycles. The number of hydrogen-bond acceptors (Lipinski definition) is 5. The third-order valence-electron chi connectivity index (χ3n) is 5.30. The lowest BCUT2D eigenvalue weighted by Crippen LogP contribution is -2.34. The van der Waals surface area contributed by atoms with Crippen LogP contribution in [0.1, 0.15) is 29.0 Å². The smallest absolute Gasteiger partial charge is 0.292 e. The van der Waals surface area contributed by atoms with Crippen LogP contribution in [0.3, 0.4) is 0 Å². The number of carbonyl (C=O) groups is 2. The molecule has 0 bridgehead atoms. The number of carbonyl (C=O) groups excluding carboxylic acids is 2. The number of nitrogens with zero attached hydrogens (tertiary/aromatic N) is 3. The fourth-order valence-corrected chi connectivity index (χ4v) is 3.85. The summed E-state index contributed by atoms with van der Waals surface area (Å²) in [5, 5.41) is 3.68.